The summed E-state index contributed by atoms with van der Waals surface area (Å²) in [5, 5.41) is 3.55. The molecular formula is C17H30N2. The molecule has 0 aromatic heterocycles. The van der Waals surface area contributed by atoms with Crippen molar-refractivity contribution in [2.45, 2.75) is 57.9 Å². The third-order valence-corrected chi connectivity index (χ3v) is 6.66. The molecule has 2 heteroatoms. The predicted molar refractivity (Wildman–Crippen MR) is 79.1 cm³/mol. The van der Waals surface area contributed by atoms with Crippen molar-refractivity contribution in [3.63, 3.8) is 0 Å². The van der Waals surface area contributed by atoms with E-state index in [1.807, 2.05) is 0 Å². The van der Waals surface area contributed by atoms with Crippen LogP contribution in [0.2, 0.25) is 0 Å². The van der Waals surface area contributed by atoms with Crippen molar-refractivity contribution in [2.75, 3.05) is 26.2 Å². The average Bonchev–Trinajstić information content (AvgIpc) is 2.88. The van der Waals surface area contributed by atoms with Gasteiger partial charge in [0.2, 0.25) is 0 Å². The smallest absolute Gasteiger partial charge is 0.0232 e. The number of nitrogens with zero attached hydrogens (tertiary/aromatic N) is 1. The monoisotopic (exact) mass is 262 g/mol. The Morgan fingerprint density at radius 1 is 1.05 bits per heavy atom. The van der Waals surface area contributed by atoms with Crippen LogP contribution < -0.4 is 5.32 Å². The lowest BCUT2D eigenvalue weighted by Crippen LogP contribution is -2.53. The van der Waals surface area contributed by atoms with Gasteiger partial charge in [-0.3, -0.25) is 4.90 Å². The largest absolute Gasteiger partial charge is 0.315 e. The van der Waals surface area contributed by atoms with Crippen molar-refractivity contribution in [3.05, 3.63) is 0 Å². The maximum Gasteiger partial charge on any atom is 0.0232 e. The topological polar surface area (TPSA) is 15.3 Å². The molecule has 108 valence electrons. The van der Waals surface area contributed by atoms with E-state index in [2.05, 4.69) is 17.1 Å². The predicted octanol–water partition coefficient (Wildman–Crippen LogP) is 2.89. The highest BCUT2D eigenvalue weighted by Gasteiger charge is 2.51. The lowest BCUT2D eigenvalue weighted by atomic mass is 9.49. The van der Waals surface area contributed by atoms with Crippen molar-refractivity contribution >= 4 is 0 Å². The van der Waals surface area contributed by atoms with E-state index in [4.69, 9.17) is 0 Å². The van der Waals surface area contributed by atoms with Gasteiger partial charge in [-0.15, -0.1) is 0 Å². The zero-order chi connectivity index (χ0) is 12.9. The number of rotatable bonds is 4. The van der Waals surface area contributed by atoms with E-state index in [-0.39, 0.29) is 0 Å². The van der Waals surface area contributed by atoms with E-state index in [0.29, 0.717) is 0 Å². The van der Waals surface area contributed by atoms with Gasteiger partial charge in [0, 0.05) is 19.1 Å². The summed E-state index contributed by atoms with van der Waals surface area (Å²) in [6.45, 7) is 7.52. The first-order chi connectivity index (χ1) is 9.26. The molecule has 4 saturated carbocycles. The van der Waals surface area contributed by atoms with Crippen molar-refractivity contribution in [1.82, 2.24) is 10.2 Å². The molecule has 5 fully saturated rings. The number of likely N-dealkylation sites (N-methyl/N-ethyl adjacent to an activating group) is 1. The van der Waals surface area contributed by atoms with Gasteiger partial charge in [0.1, 0.15) is 0 Å². The van der Waals surface area contributed by atoms with Gasteiger partial charge in [0.05, 0.1) is 0 Å². The minimum atomic E-state index is 0.730. The summed E-state index contributed by atoms with van der Waals surface area (Å²) in [5.41, 5.74) is 0.730. The van der Waals surface area contributed by atoms with Gasteiger partial charge in [-0.05, 0) is 81.2 Å². The molecule has 1 saturated heterocycles. The fraction of sp³-hybridized carbons (Fsp3) is 1.00. The lowest BCUT2D eigenvalue weighted by molar-refractivity contribution is -0.0728. The van der Waals surface area contributed by atoms with Gasteiger partial charge in [-0.25, -0.2) is 0 Å². The summed E-state index contributed by atoms with van der Waals surface area (Å²) >= 11 is 0. The second-order valence-electron chi connectivity index (χ2n) is 8.13. The van der Waals surface area contributed by atoms with E-state index in [1.54, 1.807) is 38.5 Å². The molecule has 1 heterocycles. The molecule has 4 aliphatic carbocycles. The van der Waals surface area contributed by atoms with E-state index in [1.165, 1.54) is 32.6 Å². The Morgan fingerprint density at radius 2 is 1.68 bits per heavy atom. The first-order valence-corrected chi connectivity index (χ1v) is 8.71. The van der Waals surface area contributed by atoms with E-state index >= 15 is 0 Å². The van der Waals surface area contributed by atoms with Gasteiger partial charge in [0.15, 0.2) is 0 Å². The molecule has 2 nitrogen and oxygen atoms in total. The van der Waals surface area contributed by atoms with Crippen LogP contribution in [0, 0.1) is 23.2 Å². The van der Waals surface area contributed by atoms with Gasteiger partial charge >= 0.3 is 0 Å². The molecular weight excluding hydrogens is 232 g/mol. The highest BCUT2D eigenvalue weighted by atomic mass is 15.2. The first-order valence-electron chi connectivity index (χ1n) is 8.71. The van der Waals surface area contributed by atoms with Crippen LogP contribution in [0.1, 0.15) is 51.9 Å². The molecule has 4 bridgehead atoms. The molecule has 5 aliphatic rings. The summed E-state index contributed by atoms with van der Waals surface area (Å²) in [6, 6.07) is 0.831. The molecule has 0 aromatic rings. The molecule has 1 unspecified atom stereocenters. The van der Waals surface area contributed by atoms with E-state index < -0.39 is 0 Å². The molecule has 5 rings (SSSR count). The van der Waals surface area contributed by atoms with Crippen LogP contribution >= 0.6 is 0 Å². The molecule has 0 radical (unpaired) electrons. The van der Waals surface area contributed by atoms with Gasteiger partial charge in [-0.2, -0.15) is 0 Å². The molecule has 0 aromatic carbocycles. The summed E-state index contributed by atoms with van der Waals surface area (Å²) in [4.78, 5) is 2.83. The molecule has 19 heavy (non-hydrogen) atoms. The van der Waals surface area contributed by atoms with Gasteiger partial charge in [0.25, 0.3) is 0 Å². The number of hydrogen-bond acceptors (Lipinski definition) is 2. The van der Waals surface area contributed by atoms with E-state index in [9.17, 15) is 0 Å². The maximum atomic E-state index is 3.55. The first kappa shape index (κ1) is 12.6. The fourth-order valence-corrected chi connectivity index (χ4v) is 6.36. The zero-order valence-electron chi connectivity index (χ0n) is 12.5. The van der Waals surface area contributed by atoms with E-state index in [0.717, 1.165) is 29.2 Å². The van der Waals surface area contributed by atoms with Crippen molar-refractivity contribution in [3.8, 4) is 0 Å². The second-order valence-corrected chi connectivity index (χ2v) is 8.13. The maximum absolute atomic E-state index is 3.55. The van der Waals surface area contributed by atoms with Crippen molar-refractivity contribution in [2.24, 2.45) is 23.2 Å². The number of hydrogen-bond donors (Lipinski definition) is 1. The average molecular weight is 262 g/mol. The Kier molecular flexibility index (Phi) is 3.15. The van der Waals surface area contributed by atoms with Crippen LogP contribution in [-0.2, 0) is 0 Å². The SMILES string of the molecule is CCN(CC12CC3CC(CC(C3)C1)C2)C1CCNC1. The standard InChI is InChI=1S/C17H30N2/c1-2-19(16-3-4-18-11-16)12-17-8-13-5-14(9-17)7-15(6-13)10-17/h13-16,18H,2-12H2,1H3. The van der Waals surface area contributed by atoms with Crippen LogP contribution in [0.3, 0.4) is 0 Å². The Hall–Kier alpha value is -0.0800. The normalized spacial score (nSPS) is 48.3. The Bertz CT molecular complexity index is 297. The lowest BCUT2D eigenvalue weighted by Gasteiger charge is -2.58. The number of nitrogens with one attached hydrogen (secondary N) is 1. The summed E-state index contributed by atoms with van der Waals surface area (Å²) in [7, 11) is 0. The zero-order valence-corrected chi connectivity index (χ0v) is 12.5. The molecule has 0 amide bonds. The molecule has 1 aliphatic heterocycles. The van der Waals surface area contributed by atoms with Crippen molar-refractivity contribution in [1.29, 1.82) is 0 Å². The quantitative estimate of drug-likeness (QED) is 0.838. The minimum Gasteiger partial charge on any atom is -0.315 e. The third kappa shape index (κ3) is 2.25. The Labute approximate surface area is 118 Å². The van der Waals surface area contributed by atoms with Crippen LogP contribution in [0.25, 0.3) is 0 Å². The van der Waals surface area contributed by atoms with Crippen LogP contribution in [0.5, 0.6) is 0 Å². The van der Waals surface area contributed by atoms with Crippen molar-refractivity contribution < 1.29 is 0 Å². The molecule has 0 spiro atoms. The Balaban J connectivity index is 1.48. The van der Waals surface area contributed by atoms with Crippen LogP contribution in [0.15, 0.2) is 0 Å². The molecule has 1 N–H and O–H groups in total. The summed E-state index contributed by atoms with van der Waals surface area (Å²) in [6.07, 6.45) is 10.8. The fourth-order valence-electron chi connectivity index (χ4n) is 6.36. The third-order valence-electron chi connectivity index (χ3n) is 6.66. The van der Waals surface area contributed by atoms with Crippen LogP contribution in [-0.4, -0.2) is 37.1 Å². The highest BCUT2D eigenvalue weighted by Crippen LogP contribution is 2.60. The van der Waals surface area contributed by atoms with Crippen LogP contribution in [0.4, 0.5) is 0 Å². The minimum absolute atomic E-state index is 0.730. The summed E-state index contributed by atoms with van der Waals surface area (Å²) in [5.74, 6) is 3.31. The van der Waals surface area contributed by atoms with Gasteiger partial charge < -0.3 is 5.32 Å². The summed E-state index contributed by atoms with van der Waals surface area (Å²) < 4.78 is 0. The molecule has 1 atom stereocenters. The van der Waals surface area contributed by atoms with Gasteiger partial charge in [-0.1, -0.05) is 6.92 Å². The second kappa shape index (κ2) is 4.73. The highest BCUT2D eigenvalue weighted by molar-refractivity contribution is 5.03. The Morgan fingerprint density at radius 3 is 2.16 bits per heavy atom.